The number of pyridine rings is 1. The molecule has 1 heterocycles. The van der Waals surface area contributed by atoms with Gasteiger partial charge in [0.2, 0.25) is 0 Å². The first-order valence-corrected chi connectivity index (χ1v) is 6.45. The summed E-state index contributed by atoms with van der Waals surface area (Å²) in [5.74, 6) is 0.768. The molecule has 18 heavy (non-hydrogen) atoms. The van der Waals surface area contributed by atoms with Gasteiger partial charge in [-0.1, -0.05) is 28.1 Å². The molecule has 0 saturated carbocycles. The maximum atomic E-state index is 5.21. The fourth-order valence-electron chi connectivity index (χ4n) is 1.89. The Hall–Kier alpha value is -1.39. The SMILES string of the molecule is CNC(c1ccc(Br)cc1)c1cncc(OC)c1. The number of hydrogen-bond acceptors (Lipinski definition) is 3. The van der Waals surface area contributed by atoms with Crippen LogP contribution in [0.2, 0.25) is 0 Å². The zero-order chi connectivity index (χ0) is 13.0. The van der Waals surface area contributed by atoms with Crippen molar-refractivity contribution < 1.29 is 4.74 Å². The van der Waals surface area contributed by atoms with Crippen LogP contribution in [0.15, 0.2) is 47.2 Å². The number of nitrogens with one attached hydrogen (secondary N) is 1. The van der Waals surface area contributed by atoms with Crippen LogP contribution in [0.4, 0.5) is 0 Å². The van der Waals surface area contributed by atoms with Crippen LogP contribution in [0.5, 0.6) is 5.75 Å². The predicted molar refractivity (Wildman–Crippen MR) is 75.8 cm³/mol. The summed E-state index contributed by atoms with van der Waals surface area (Å²) in [6, 6.07) is 10.4. The highest BCUT2D eigenvalue weighted by Crippen LogP contribution is 2.25. The molecule has 1 aromatic heterocycles. The van der Waals surface area contributed by atoms with Gasteiger partial charge in [-0.3, -0.25) is 4.98 Å². The van der Waals surface area contributed by atoms with Gasteiger partial charge in [0, 0.05) is 10.7 Å². The quantitative estimate of drug-likeness (QED) is 0.942. The fourth-order valence-corrected chi connectivity index (χ4v) is 2.15. The average Bonchev–Trinajstić information content (AvgIpc) is 2.42. The molecule has 1 unspecified atom stereocenters. The van der Waals surface area contributed by atoms with Gasteiger partial charge in [0.05, 0.1) is 19.3 Å². The van der Waals surface area contributed by atoms with Gasteiger partial charge in [0.15, 0.2) is 0 Å². The molecule has 0 aliphatic rings. The zero-order valence-corrected chi connectivity index (χ0v) is 11.9. The van der Waals surface area contributed by atoms with Crippen LogP contribution in [0.25, 0.3) is 0 Å². The molecule has 0 amide bonds. The van der Waals surface area contributed by atoms with Crippen molar-refractivity contribution in [3.05, 3.63) is 58.3 Å². The molecule has 0 spiro atoms. The third kappa shape index (κ3) is 2.89. The van der Waals surface area contributed by atoms with E-state index < -0.39 is 0 Å². The minimum Gasteiger partial charge on any atom is -0.495 e. The van der Waals surface area contributed by atoms with Crippen LogP contribution in [-0.2, 0) is 0 Å². The summed E-state index contributed by atoms with van der Waals surface area (Å²) in [4.78, 5) is 4.19. The summed E-state index contributed by atoms with van der Waals surface area (Å²) in [7, 11) is 3.58. The fraction of sp³-hybridized carbons (Fsp3) is 0.214. The van der Waals surface area contributed by atoms with Crippen LogP contribution in [-0.4, -0.2) is 19.1 Å². The molecule has 0 fully saturated rings. The Morgan fingerprint density at radius 1 is 1.17 bits per heavy atom. The van der Waals surface area contributed by atoms with E-state index in [1.807, 2.05) is 31.4 Å². The van der Waals surface area contributed by atoms with E-state index in [4.69, 9.17) is 4.74 Å². The topological polar surface area (TPSA) is 34.2 Å². The van der Waals surface area contributed by atoms with E-state index in [1.54, 1.807) is 13.3 Å². The van der Waals surface area contributed by atoms with Gasteiger partial charge in [-0.05, 0) is 36.4 Å². The minimum atomic E-state index is 0.112. The molecule has 1 N–H and O–H groups in total. The maximum absolute atomic E-state index is 5.21. The van der Waals surface area contributed by atoms with Gasteiger partial charge < -0.3 is 10.1 Å². The lowest BCUT2D eigenvalue weighted by Crippen LogP contribution is -2.17. The maximum Gasteiger partial charge on any atom is 0.137 e. The summed E-state index contributed by atoms with van der Waals surface area (Å²) >= 11 is 3.44. The van der Waals surface area contributed by atoms with Crippen LogP contribution >= 0.6 is 15.9 Å². The van der Waals surface area contributed by atoms with Gasteiger partial charge >= 0.3 is 0 Å². The Morgan fingerprint density at radius 2 is 1.89 bits per heavy atom. The van der Waals surface area contributed by atoms with E-state index in [-0.39, 0.29) is 6.04 Å². The Balaban J connectivity index is 2.35. The lowest BCUT2D eigenvalue weighted by atomic mass is 10.0. The number of aromatic nitrogens is 1. The average molecular weight is 307 g/mol. The second-order valence-electron chi connectivity index (χ2n) is 3.93. The van der Waals surface area contributed by atoms with Crippen molar-refractivity contribution in [1.82, 2.24) is 10.3 Å². The second kappa shape index (κ2) is 5.98. The lowest BCUT2D eigenvalue weighted by molar-refractivity contribution is 0.411. The zero-order valence-electron chi connectivity index (χ0n) is 10.4. The molecule has 2 aromatic rings. The molecular weight excluding hydrogens is 292 g/mol. The standard InChI is InChI=1S/C14H15BrN2O/c1-16-14(10-3-5-12(15)6-4-10)11-7-13(18-2)9-17-8-11/h3-9,14,16H,1-2H3. The minimum absolute atomic E-state index is 0.112. The van der Waals surface area contributed by atoms with Crippen molar-refractivity contribution in [3.8, 4) is 5.75 Å². The van der Waals surface area contributed by atoms with Crippen molar-refractivity contribution in [2.75, 3.05) is 14.2 Å². The highest BCUT2D eigenvalue weighted by molar-refractivity contribution is 9.10. The number of halogens is 1. The summed E-state index contributed by atoms with van der Waals surface area (Å²) in [6.45, 7) is 0. The first-order valence-electron chi connectivity index (χ1n) is 5.66. The molecule has 3 nitrogen and oxygen atoms in total. The number of hydrogen-bond donors (Lipinski definition) is 1. The normalized spacial score (nSPS) is 12.2. The van der Waals surface area contributed by atoms with E-state index in [0.717, 1.165) is 15.8 Å². The molecule has 1 atom stereocenters. The molecule has 0 aliphatic carbocycles. The lowest BCUT2D eigenvalue weighted by Gasteiger charge is -2.17. The Kier molecular flexibility index (Phi) is 4.33. The van der Waals surface area contributed by atoms with Crippen LogP contribution in [0.1, 0.15) is 17.2 Å². The van der Waals surface area contributed by atoms with Gasteiger partial charge in [0.1, 0.15) is 5.75 Å². The van der Waals surface area contributed by atoms with Crippen molar-refractivity contribution in [1.29, 1.82) is 0 Å². The molecule has 1 aromatic carbocycles. The number of nitrogens with zero attached hydrogens (tertiary/aromatic N) is 1. The highest BCUT2D eigenvalue weighted by atomic mass is 79.9. The molecule has 0 radical (unpaired) electrons. The van der Waals surface area contributed by atoms with E-state index in [0.29, 0.717) is 0 Å². The van der Waals surface area contributed by atoms with E-state index in [9.17, 15) is 0 Å². The largest absolute Gasteiger partial charge is 0.495 e. The molecular formula is C14H15BrN2O. The summed E-state index contributed by atoms with van der Waals surface area (Å²) in [5.41, 5.74) is 2.27. The Morgan fingerprint density at radius 3 is 2.50 bits per heavy atom. The van der Waals surface area contributed by atoms with Gasteiger partial charge in [-0.2, -0.15) is 0 Å². The van der Waals surface area contributed by atoms with Crippen molar-refractivity contribution in [2.24, 2.45) is 0 Å². The molecule has 0 saturated heterocycles. The third-order valence-electron chi connectivity index (χ3n) is 2.80. The number of rotatable bonds is 4. The smallest absolute Gasteiger partial charge is 0.137 e. The molecule has 94 valence electrons. The summed E-state index contributed by atoms with van der Waals surface area (Å²) < 4.78 is 6.28. The molecule has 2 rings (SSSR count). The Bertz CT molecular complexity index is 513. The van der Waals surface area contributed by atoms with Crippen LogP contribution in [0.3, 0.4) is 0 Å². The number of ether oxygens (including phenoxy) is 1. The van der Waals surface area contributed by atoms with E-state index in [1.165, 1.54) is 5.56 Å². The monoisotopic (exact) mass is 306 g/mol. The van der Waals surface area contributed by atoms with Crippen LogP contribution in [0, 0.1) is 0 Å². The summed E-state index contributed by atoms with van der Waals surface area (Å²) in [6.07, 6.45) is 3.56. The second-order valence-corrected chi connectivity index (χ2v) is 4.85. The summed E-state index contributed by atoms with van der Waals surface area (Å²) in [5, 5.41) is 3.29. The molecule has 0 aliphatic heterocycles. The highest BCUT2D eigenvalue weighted by Gasteiger charge is 2.12. The first kappa shape index (κ1) is 13.1. The number of methoxy groups -OCH3 is 1. The van der Waals surface area contributed by atoms with Crippen molar-refractivity contribution in [2.45, 2.75) is 6.04 Å². The molecule has 4 heteroatoms. The van der Waals surface area contributed by atoms with Gasteiger partial charge in [0.25, 0.3) is 0 Å². The Labute approximate surface area is 115 Å². The number of benzene rings is 1. The molecule has 0 bridgehead atoms. The van der Waals surface area contributed by atoms with Crippen molar-refractivity contribution in [3.63, 3.8) is 0 Å². The first-order chi connectivity index (χ1) is 8.74. The third-order valence-corrected chi connectivity index (χ3v) is 3.32. The predicted octanol–water partition coefficient (Wildman–Crippen LogP) is 3.16. The van der Waals surface area contributed by atoms with Crippen molar-refractivity contribution >= 4 is 15.9 Å². The van der Waals surface area contributed by atoms with Crippen LogP contribution < -0.4 is 10.1 Å². The van der Waals surface area contributed by atoms with E-state index in [2.05, 4.69) is 38.4 Å². The van der Waals surface area contributed by atoms with E-state index >= 15 is 0 Å². The van der Waals surface area contributed by atoms with Gasteiger partial charge in [-0.25, -0.2) is 0 Å². The van der Waals surface area contributed by atoms with Gasteiger partial charge in [-0.15, -0.1) is 0 Å².